The fourth-order valence-corrected chi connectivity index (χ4v) is 3.10. The molecule has 26 heavy (non-hydrogen) atoms. The zero-order valence-corrected chi connectivity index (χ0v) is 14.8. The molecule has 2 aromatic rings. The Balaban J connectivity index is 1.58. The Labute approximate surface area is 152 Å². The Kier molecular flexibility index (Phi) is 5.78. The first-order chi connectivity index (χ1) is 12.6. The molecule has 0 radical (unpaired) electrons. The Hall–Kier alpha value is -2.54. The highest BCUT2D eigenvalue weighted by atomic mass is 19.1. The summed E-state index contributed by atoms with van der Waals surface area (Å²) in [7, 11) is 0. The predicted octanol–water partition coefficient (Wildman–Crippen LogP) is 2.38. The van der Waals surface area contributed by atoms with Crippen LogP contribution in [0.1, 0.15) is 25.3 Å². The van der Waals surface area contributed by atoms with E-state index in [1.54, 1.807) is 37.5 Å². The second kappa shape index (κ2) is 8.23. The fraction of sp³-hybridized carbons (Fsp3) is 0.421. The van der Waals surface area contributed by atoms with Gasteiger partial charge in [-0.2, -0.15) is 0 Å². The number of carbonyl (C=O) groups excluding carboxylic acids is 1. The number of nitrogens with two attached hydrogens (primary N) is 1. The standard InChI is InChI=1S/C19H23FN4O2/c1-13(25)24-7-5-14(6-8-24)12-26-19-22-10-16(11-23-19)17-4-2-3-15(9-21)18(17)20/h2-4,10-11,14H,5-9,12,21H2,1H3. The maximum Gasteiger partial charge on any atom is 0.316 e. The monoisotopic (exact) mass is 358 g/mol. The molecule has 7 heteroatoms. The van der Waals surface area contributed by atoms with E-state index in [0.29, 0.717) is 29.2 Å². The summed E-state index contributed by atoms with van der Waals surface area (Å²) in [5, 5.41) is 0. The molecule has 0 bridgehead atoms. The van der Waals surface area contributed by atoms with Gasteiger partial charge in [0, 0.05) is 55.6 Å². The van der Waals surface area contributed by atoms with E-state index in [1.807, 2.05) is 4.90 Å². The molecule has 6 nitrogen and oxygen atoms in total. The number of likely N-dealkylation sites (tertiary alicyclic amines) is 1. The predicted molar refractivity (Wildman–Crippen MR) is 95.8 cm³/mol. The average Bonchev–Trinajstić information content (AvgIpc) is 2.67. The van der Waals surface area contributed by atoms with Crippen LogP contribution in [-0.4, -0.2) is 40.5 Å². The highest BCUT2D eigenvalue weighted by Crippen LogP contribution is 2.25. The normalized spacial score (nSPS) is 15.1. The molecule has 0 unspecified atom stereocenters. The molecule has 1 amide bonds. The lowest BCUT2D eigenvalue weighted by Crippen LogP contribution is -2.38. The fourth-order valence-electron chi connectivity index (χ4n) is 3.10. The number of piperidine rings is 1. The van der Waals surface area contributed by atoms with Crippen molar-refractivity contribution in [3.8, 4) is 17.1 Å². The van der Waals surface area contributed by atoms with Crippen molar-refractivity contribution < 1.29 is 13.9 Å². The van der Waals surface area contributed by atoms with E-state index >= 15 is 0 Å². The first kappa shape index (κ1) is 18.3. The summed E-state index contributed by atoms with van der Waals surface area (Å²) in [6.07, 6.45) is 4.93. The van der Waals surface area contributed by atoms with E-state index in [-0.39, 0.29) is 24.3 Å². The molecule has 3 rings (SSSR count). The molecule has 138 valence electrons. The van der Waals surface area contributed by atoms with Crippen LogP contribution in [-0.2, 0) is 11.3 Å². The third-order valence-corrected chi connectivity index (χ3v) is 4.75. The molecule has 1 saturated heterocycles. The number of hydrogen-bond acceptors (Lipinski definition) is 5. The number of halogens is 1. The number of rotatable bonds is 5. The summed E-state index contributed by atoms with van der Waals surface area (Å²) in [5.41, 5.74) is 7.01. The second-order valence-corrected chi connectivity index (χ2v) is 6.50. The van der Waals surface area contributed by atoms with Crippen LogP contribution in [0.4, 0.5) is 4.39 Å². The minimum absolute atomic E-state index is 0.120. The van der Waals surface area contributed by atoms with Gasteiger partial charge in [-0.3, -0.25) is 4.79 Å². The minimum Gasteiger partial charge on any atom is -0.463 e. The SMILES string of the molecule is CC(=O)N1CCC(COc2ncc(-c3cccc(CN)c3F)cn2)CC1. The van der Waals surface area contributed by atoms with Gasteiger partial charge < -0.3 is 15.4 Å². The van der Waals surface area contributed by atoms with Gasteiger partial charge in [0.2, 0.25) is 5.91 Å². The van der Waals surface area contributed by atoms with Crippen molar-refractivity contribution in [3.63, 3.8) is 0 Å². The van der Waals surface area contributed by atoms with Gasteiger partial charge >= 0.3 is 6.01 Å². The van der Waals surface area contributed by atoms with Crippen LogP contribution >= 0.6 is 0 Å². The topological polar surface area (TPSA) is 81.3 Å². The highest BCUT2D eigenvalue weighted by molar-refractivity contribution is 5.73. The van der Waals surface area contributed by atoms with Gasteiger partial charge in [-0.1, -0.05) is 18.2 Å². The van der Waals surface area contributed by atoms with E-state index in [0.717, 1.165) is 25.9 Å². The number of aromatic nitrogens is 2. The number of carbonyl (C=O) groups is 1. The summed E-state index contributed by atoms with van der Waals surface area (Å²) in [5.74, 6) is 0.159. The smallest absolute Gasteiger partial charge is 0.316 e. The number of hydrogen-bond donors (Lipinski definition) is 1. The number of benzene rings is 1. The lowest BCUT2D eigenvalue weighted by atomic mass is 9.98. The molecule has 1 aromatic carbocycles. The van der Waals surface area contributed by atoms with E-state index in [1.165, 1.54) is 0 Å². The van der Waals surface area contributed by atoms with E-state index < -0.39 is 0 Å². The quantitative estimate of drug-likeness (QED) is 0.887. The average molecular weight is 358 g/mol. The summed E-state index contributed by atoms with van der Waals surface area (Å²) in [6, 6.07) is 5.38. The maximum absolute atomic E-state index is 14.3. The Bertz CT molecular complexity index is 759. The van der Waals surface area contributed by atoms with Crippen LogP contribution in [0.5, 0.6) is 6.01 Å². The molecule has 1 fully saturated rings. The van der Waals surface area contributed by atoms with Gasteiger partial charge in [-0.25, -0.2) is 14.4 Å². The third-order valence-electron chi connectivity index (χ3n) is 4.75. The van der Waals surface area contributed by atoms with Crippen molar-refractivity contribution in [1.29, 1.82) is 0 Å². The molecule has 1 aliphatic heterocycles. The minimum atomic E-state index is -0.343. The molecule has 0 saturated carbocycles. The van der Waals surface area contributed by atoms with Gasteiger partial charge in [-0.05, 0) is 18.8 Å². The van der Waals surface area contributed by atoms with Crippen molar-refractivity contribution in [3.05, 3.63) is 42.0 Å². The third kappa shape index (κ3) is 4.16. The maximum atomic E-state index is 14.3. The summed E-state index contributed by atoms with van der Waals surface area (Å²) >= 11 is 0. The van der Waals surface area contributed by atoms with Crippen LogP contribution < -0.4 is 10.5 Å². The zero-order valence-electron chi connectivity index (χ0n) is 14.8. The zero-order chi connectivity index (χ0) is 18.5. The van der Waals surface area contributed by atoms with Crippen LogP contribution in [0, 0.1) is 11.7 Å². The van der Waals surface area contributed by atoms with Crippen molar-refractivity contribution in [2.75, 3.05) is 19.7 Å². The van der Waals surface area contributed by atoms with Crippen LogP contribution in [0.25, 0.3) is 11.1 Å². The number of amides is 1. The van der Waals surface area contributed by atoms with E-state index in [4.69, 9.17) is 10.5 Å². The number of ether oxygens (including phenoxy) is 1. The van der Waals surface area contributed by atoms with Gasteiger partial charge in [0.25, 0.3) is 0 Å². The first-order valence-electron chi connectivity index (χ1n) is 8.76. The molecule has 2 heterocycles. The Morgan fingerprint density at radius 1 is 1.31 bits per heavy atom. The summed E-state index contributed by atoms with van der Waals surface area (Å²) in [6.45, 7) is 3.78. The first-order valence-corrected chi connectivity index (χ1v) is 8.76. The molecule has 1 aliphatic rings. The van der Waals surface area contributed by atoms with Gasteiger partial charge in [-0.15, -0.1) is 0 Å². The van der Waals surface area contributed by atoms with Crippen LogP contribution in [0.3, 0.4) is 0 Å². The van der Waals surface area contributed by atoms with Gasteiger partial charge in [0.05, 0.1) is 6.61 Å². The molecule has 0 aliphatic carbocycles. The van der Waals surface area contributed by atoms with Crippen molar-refractivity contribution in [2.45, 2.75) is 26.3 Å². The van der Waals surface area contributed by atoms with E-state index in [9.17, 15) is 9.18 Å². The number of nitrogens with zero attached hydrogens (tertiary/aromatic N) is 3. The molecule has 0 atom stereocenters. The van der Waals surface area contributed by atoms with Crippen LogP contribution in [0.2, 0.25) is 0 Å². The van der Waals surface area contributed by atoms with E-state index in [2.05, 4.69) is 9.97 Å². The van der Waals surface area contributed by atoms with Crippen molar-refractivity contribution >= 4 is 5.91 Å². The molecule has 1 aromatic heterocycles. The molecular weight excluding hydrogens is 335 g/mol. The Morgan fingerprint density at radius 2 is 2.00 bits per heavy atom. The lowest BCUT2D eigenvalue weighted by molar-refractivity contribution is -0.130. The van der Waals surface area contributed by atoms with Crippen LogP contribution in [0.15, 0.2) is 30.6 Å². The summed E-state index contributed by atoms with van der Waals surface area (Å²) in [4.78, 5) is 21.6. The van der Waals surface area contributed by atoms with Gasteiger partial charge in [0.1, 0.15) is 5.82 Å². The van der Waals surface area contributed by atoms with Crippen molar-refractivity contribution in [2.24, 2.45) is 11.7 Å². The Morgan fingerprint density at radius 3 is 2.62 bits per heavy atom. The summed E-state index contributed by atoms with van der Waals surface area (Å²) < 4.78 is 20.0. The highest BCUT2D eigenvalue weighted by Gasteiger charge is 2.21. The molecular formula is C19H23FN4O2. The van der Waals surface area contributed by atoms with Crippen molar-refractivity contribution in [1.82, 2.24) is 14.9 Å². The lowest BCUT2D eigenvalue weighted by Gasteiger charge is -2.30. The largest absolute Gasteiger partial charge is 0.463 e. The molecule has 0 spiro atoms. The van der Waals surface area contributed by atoms with Gasteiger partial charge in [0.15, 0.2) is 0 Å². The second-order valence-electron chi connectivity index (χ2n) is 6.50. The molecule has 2 N–H and O–H groups in total.